The molecule has 0 bridgehead atoms. The Labute approximate surface area is 244 Å². The van der Waals surface area contributed by atoms with Crippen molar-refractivity contribution < 1.29 is 18.0 Å². The van der Waals surface area contributed by atoms with Gasteiger partial charge in [-0.1, -0.05) is 86.3 Å². The largest absolute Gasteiger partial charge is 0.352 e. The molecule has 218 valence electrons. The van der Waals surface area contributed by atoms with Gasteiger partial charge < -0.3 is 10.2 Å². The number of nitrogens with one attached hydrogen (secondary N) is 1. The summed E-state index contributed by atoms with van der Waals surface area (Å²) in [6.07, 6.45) is 5.61. The van der Waals surface area contributed by atoms with Crippen molar-refractivity contribution in [3.05, 3.63) is 95.6 Å². The molecule has 0 radical (unpaired) electrons. The third kappa shape index (κ3) is 7.55. The lowest BCUT2D eigenvalue weighted by atomic mass is 9.95. The second-order valence-corrected chi connectivity index (χ2v) is 12.7. The normalized spacial score (nSPS) is 14.7. The van der Waals surface area contributed by atoms with Crippen LogP contribution in [0.3, 0.4) is 0 Å². The highest BCUT2D eigenvalue weighted by Crippen LogP contribution is 2.25. The molecule has 1 fully saturated rings. The first-order valence-electron chi connectivity index (χ1n) is 14.5. The fraction of sp³-hybridized carbons (Fsp3) is 0.394. The molecule has 1 aliphatic carbocycles. The van der Waals surface area contributed by atoms with Gasteiger partial charge in [-0.2, -0.15) is 0 Å². The molecule has 0 saturated heterocycles. The summed E-state index contributed by atoms with van der Waals surface area (Å²) in [4.78, 5) is 29.5. The van der Waals surface area contributed by atoms with Gasteiger partial charge in [0, 0.05) is 12.6 Å². The molecule has 3 aromatic carbocycles. The summed E-state index contributed by atoms with van der Waals surface area (Å²) >= 11 is 0. The van der Waals surface area contributed by atoms with Crippen molar-refractivity contribution in [1.82, 2.24) is 10.2 Å². The van der Waals surface area contributed by atoms with Gasteiger partial charge in [0.2, 0.25) is 11.8 Å². The van der Waals surface area contributed by atoms with Crippen molar-refractivity contribution in [3.63, 3.8) is 0 Å². The van der Waals surface area contributed by atoms with Crippen molar-refractivity contribution in [2.24, 2.45) is 0 Å². The van der Waals surface area contributed by atoms with Gasteiger partial charge in [-0.3, -0.25) is 13.9 Å². The third-order valence-electron chi connectivity index (χ3n) is 7.87. The second-order valence-electron chi connectivity index (χ2n) is 10.9. The van der Waals surface area contributed by atoms with Crippen LogP contribution in [0.5, 0.6) is 0 Å². The first kappa shape index (κ1) is 30.3. The number of hydrogen-bond donors (Lipinski definition) is 1. The first-order valence-corrected chi connectivity index (χ1v) is 15.9. The number of sulfonamides is 1. The van der Waals surface area contributed by atoms with Crippen LogP contribution in [0.1, 0.15) is 62.1 Å². The van der Waals surface area contributed by atoms with E-state index in [9.17, 15) is 18.0 Å². The minimum Gasteiger partial charge on any atom is -0.352 e. The summed E-state index contributed by atoms with van der Waals surface area (Å²) in [5.41, 5.74) is 3.24. The first-order chi connectivity index (χ1) is 19.7. The highest BCUT2D eigenvalue weighted by molar-refractivity contribution is 7.92. The molecule has 1 aliphatic rings. The number of hydrogen-bond acceptors (Lipinski definition) is 4. The molecule has 3 aromatic rings. The van der Waals surface area contributed by atoms with E-state index >= 15 is 0 Å². The topological polar surface area (TPSA) is 86.8 Å². The quantitative estimate of drug-likeness (QED) is 0.315. The number of nitrogens with zero attached hydrogens (tertiary/aromatic N) is 2. The fourth-order valence-corrected chi connectivity index (χ4v) is 6.81. The molecule has 0 aliphatic heterocycles. The summed E-state index contributed by atoms with van der Waals surface area (Å²) in [5, 5.41) is 3.19. The van der Waals surface area contributed by atoms with E-state index in [1.807, 2.05) is 45.0 Å². The maximum absolute atomic E-state index is 14.2. The number of anilines is 1. The van der Waals surface area contributed by atoms with Crippen LogP contribution in [0.2, 0.25) is 0 Å². The molecule has 1 N–H and O–H groups in total. The van der Waals surface area contributed by atoms with Crippen LogP contribution in [-0.4, -0.2) is 43.8 Å². The van der Waals surface area contributed by atoms with Crippen LogP contribution < -0.4 is 9.62 Å². The van der Waals surface area contributed by atoms with Crippen LogP contribution in [-0.2, 0) is 26.2 Å². The Morgan fingerprint density at radius 3 is 2.15 bits per heavy atom. The molecule has 0 spiro atoms. The van der Waals surface area contributed by atoms with Crippen LogP contribution in [0.25, 0.3) is 0 Å². The number of carbonyl (C=O) groups excluding carboxylic acids is 2. The maximum atomic E-state index is 14.2. The molecular formula is C33H41N3O4S. The molecule has 7 nitrogen and oxygen atoms in total. The zero-order valence-corrected chi connectivity index (χ0v) is 25.1. The third-order valence-corrected chi connectivity index (χ3v) is 9.66. The average molecular weight is 576 g/mol. The van der Waals surface area contributed by atoms with E-state index < -0.39 is 28.5 Å². The SMILES string of the molecule is CC[C@@H](C(=O)NC1CCCCC1)N(Cc1ccccc1C)C(=O)CN(c1ccccc1)S(=O)(=O)c1ccc(C)cc1. The number of rotatable bonds is 11. The molecule has 2 amide bonds. The fourth-order valence-electron chi connectivity index (χ4n) is 5.40. The van der Waals surface area contributed by atoms with Crippen LogP contribution >= 0.6 is 0 Å². The van der Waals surface area contributed by atoms with Crippen molar-refractivity contribution in [2.75, 3.05) is 10.8 Å². The monoisotopic (exact) mass is 575 g/mol. The van der Waals surface area contributed by atoms with Gasteiger partial charge in [0.15, 0.2) is 0 Å². The number of para-hydroxylation sites is 1. The molecule has 0 unspecified atom stereocenters. The molecule has 8 heteroatoms. The van der Waals surface area contributed by atoms with Crippen LogP contribution in [0, 0.1) is 13.8 Å². The minimum atomic E-state index is -4.07. The zero-order valence-electron chi connectivity index (χ0n) is 24.3. The van der Waals surface area contributed by atoms with E-state index in [1.165, 1.54) is 6.42 Å². The summed E-state index contributed by atoms with van der Waals surface area (Å²) in [6.45, 7) is 5.52. The zero-order chi connectivity index (χ0) is 29.4. The van der Waals surface area contributed by atoms with Gasteiger partial charge in [0.25, 0.3) is 10.0 Å². The van der Waals surface area contributed by atoms with E-state index in [1.54, 1.807) is 59.5 Å². The summed E-state index contributed by atoms with van der Waals surface area (Å²) in [6, 6.07) is 22.4. The molecule has 0 aromatic heterocycles. The van der Waals surface area contributed by atoms with E-state index in [-0.39, 0.29) is 23.4 Å². The van der Waals surface area contributed by atoms with E-state index in [4.69, 9.17) is 0 Å². The van der Waals surface area contributed by atoms with Crippen LogP contribution in [0.15, 0.2) is 83.8 Å². The Morgan fingerprint density at radius 2 is 1.51 bits per heavy atom. The van der Waals surface area contributed by atoms with E-state index in [2.05, 4.69) is 5.32 Å². The standard InChI is InChI=1S/C33H41N3O4S/c1-4-31(33(38)34-28-15-7-5-8-16-28)35(23-27-14-12-11-13-26(27)3)32(37)24-36(29-17-9-6-10-18-29)41(39,40)30-21-19-25(2)20-22-30/h6,9-14,17-22,28,31H,4-5,7-8,15-16,23-24H2,1-3H3,(H,34,38)/t31-/m0/s1. The molecule has 0 heterocycles. The second kappa shape index (κ2) is 13.8. The molecule has 1 saturated carbocycles. The average Bonchev–Trinajstić information content (AvgIpc) is 2.97. The van der Waals surface area contributed by atoms with Crippen molar-refractivity contribution in [2.45, 2.75) is 82.8 Å². The van der Waals surface area contributed by atoms with Crippen LogP contribution in [0.4, 0.5) is 5.69 Å². The lowest BCUT2D eigenvalue weighted by Gasteiger charge is -2.34. The lowest BCUT2D eigenvalue weighted by Crippen LogP contribution is -2.54. The summed E-state index contributed by atoms with van der Waals surface area (Å²) < 4.78 is 29.0. The Balaban J connectivity index is 1.69. The van der Waals surface area contributed by atoms with Crippen molar-refractivity contribution in [1.29, 1.82) is 0 Å². The predicted molar refractivity (Wildman–Crippen MR) is 163 cm³/mol. The Bertz CT molecular complexity index is 1420. The summed E-state index contributed by atoms with van der Waals surface area (Å²) in [7, 11) is -4.07. The molecular weight excluding hydrogens is 534 g/mol. The maximum Gasteiger partial charge on any atom is 0.264 e. The van der Waals surface area contributed by atoms with Crippen molar-refractivity contribution >= 4 is 27.5 Å². The van der Waals surface area contributed by atoms with E-state index in [0.29, 0.717) is 12.1 Å². The Morgan fingerprint density at radius 1 is 0.878 bits per heavy atom. The van der Waals surface area contributed by atoms with Gasteiger partial charge in [-0.25, -0.2) is 8.42 Å². The number of aryl methyl sites for hydroxylation is 2. The number of amides is 2. The Hall–Kier alpha value is -3.65. The van der Waals surface area contributed by atoms with Crippen molar-refractivity contribution in [3.8, 4) is 0 Å². The van der Waals surface area contributed by atoms with E-state index in [0.717, 1.165) is 46.7 Å². The smallest absolute Gasteiger partial charge is 0.264 e. The molecule has 1 atom stereocenters. The predicted octanol–water partition coefficient (Wildman–Crippen LogP) is 5.76. The molecule has 4 rings (SSSR count). The highest BCUT2D eigenvalue weighted by Gasteiger charge is 2.34. The van der Waals surface area contributed by atoms with Gasteiger partial charge in [-0.05, 0) is 68.5 Å². The molecule has 41 heavy (non-hydrogen) atoms. The Kier molecular flexibility index (Phi) is 10.2. The van der Waals surface area contributed by atoms with Gasteiger partial charge in [0.05, 0.1) is 10.6 Å². The number of carbonyl (C=O) groups is 2. The van der Waals surface area contributed by atoms with Gasteiger partial charge in [-0.15, -0.1) is 0 Å². The number of benzene rings is 3. The highest BCUT2D eigenvalue weighted by atomic mass is 32.2. The van der Waals surface area contributed by atoms with Gasteiger partial charge >= 0.3 is 0 Å². The lowest BCUT2D eigenvalue weighted by molar-refractivity contribution is -0.140. The summed E-state index contributed by atoms with van der Waals surface area (Å²) in [5.74, 6) is -0.618. The van der Waals surface area contributed by atoms with Gasteiger partial charge in [0.1, 0.15) is 12.6 Å². The minimum absolute atomic E-state index is 0.100.